The lowest BCUT2D eigenvalue weighted by atomic mass is 10.1. The Morgan fingerprint density at radius 3 is 2.60 bits per heavy atom. The molecule has 0 saturated carbocycles. The summed E-state index contributed by atoms with van der Waals surface area (Å²) in [5.74, 6) is 0.908. The first kappa shape index (κ1) is 17.0. The molecule has 0 aliphatic heterocycles. The van der Waals surface area contributed by atoms with Gasteiger partial charge in [0.1, 0.15) is 12.4 Å². The van der Waals surface area contributed by atoms with Gasteiger partial charge in [-0.3, -0.25) is 0 Å². The average molecular weight is 279 g/mol. The summed E-state index contributed by atoms with van der Waals surface area (Å²) >= 11 is 0. The maximum atomic E-state index is 5.74. The highest BCUT2D eigenvalue weighted by atomic mass is 16.5. The third-order valence-corrected chi connectivity index (χ3v) is 2.95. The van der Waals surface area contributed by atoms with Crippen LogP contribution in [0, 0.1) is 0 Å². The molecule has 1 unspecified atom stereocenters. The minimum atomic E-state index is -0.107. The molecule has 3 heteroatoms. The van der Waals surface area contributed by atoms with Gasteiger partial charge < -0.3 is 14.8 Å². The van der Waals surface area contributed by atoms with Crippen molar-refractivity contribution in [2.75, 3.05) is 19.8 Å². The predicted molar refractivity (Wildman–Crippen MR) is 84.4 cm³/mol. The van der Waals surface area contributed by atoms with Crippen LogP contribution in [0.2, 0.25) is 0 Å². The van der Waals surface area contributed by atoms with Gasteiger partial charge in [0.2, 0.25) is 0 Å². The smallest absolute Gasteiger partial charge is 0.119 e. The number of hydrogen-bond donors (Lipinski definition) is 1. The summed E-state index contributed by atoms with van der Waals surface area (Å²) in [6.07, 6.45) is 1.14. The van der Waals surface area contributed by atoms with Gasteiger partial charge in [0, 0.05) is 6.04 Å². The molecule has 0 radical (unpaired) electrons. The van der Waals surface area contributed by atoms with Crippen LogP contribution in [0.3, 0.4) is 0 Å². The van der Waals surface area contributed by atoms with Gasteiger partial charge in [0.25, 0.3) is 0 Å². The molecule has 1 N–H and O–H groups in total. The Morgan fingerprint density at radius 2 is 1.95 bits per heavy atom. The first-order chi connectivity index (χ1) is 9.42. The number of rotatable bonds is 8. The van der Waals surface area contributed by atoms with Gasteiger partial charge in [-0.1, -0.05) is 19.1 Å². The van der Waals surface area contributed by atoms with Crippen molar-refractivity contribution < 1.29 is 9.47 Å². The number of benzene rings is 1. The van der Waals surface area contributed by atoms with Crippen LogP contribution in [0.4, 0.5) is 0 Å². The average Bonchev–Trinajstić information content (AvgIpc) is 2.40. The van der Waals surface area contributed by atoms with Crippen LogP contribution in [-0.4, -0.2) is 25.4 Å². The molecule has 1 aromatic carbocycles. The molecule has 0 saturated heterocycles. The molecule has 0 heterocycles. The Balaban J connectivity index is 2.43. The van der Waals surface area contributed by atoms with Crippen molar-refractivity contribution in [1.82, 2.24) is 5.32 Å². The molecule has 0 bridgehead atoms. The third-order valence-electron chi connectivity index (χ3n) is 2.95. The minimum absolute atomic E-state index is 0.107. The Labute approximate surface area is 123 Å². The molecule has 1 rings (SSSR count). The van der Waals surface area contributed by atoms with Crippen molar-refractivity contribution in [2.45, 2.75) is 52.7 Å². The van der Waals surface area contributed by atoms with Crippen LogP contribution in [0.1, 0.15) is 52.6 Å². The zero-order chi connectivity index (χ0) is 15.0. The molecule has 0 aromatic heterocycles. The molecular weight excluding hydrogens is 250 g/mol. The summed E-state index contributed by atoms with van der Waals surface area (Å²) < 4.78 is 11.4. The van der Waals surface area contributed by atoms with E-state index >= 15 is 0 Å². The van der Waals surface area contributed by atoms with Crippen LogP contribution in [0.25, 0.3) is 0 Å². The summed E-state index contributed by atoms with van der Waals surface area (Å²) in [5.41, 5.74) is 1.15. The van der Waals surface area contributed by atoms with Gasteiger partial charge in [-0.2, -0.15) is 0 Å². The van der Waals surface area contributed by atoms with Crippen LogP contribution < -0.4 is 10.1 Å². The molecule has 114 valence electrons. The van der Waals surface area contributed by atoms with Gasteiger partial charge in [0.15, 0.2) is 0 Å². The SMILES string of the molecule is CCCNC(C)c1cccc(OCCOC(C)(C)C)c1. The minimum Gasteiger partial charge on any atom is -0.491 e. The molecule has 0 fully saturated rings. The van der Waals surface area contributed by atoms with Crippen LogP contribution in [0.5, 0.6) is 5.75 Å². The van der Waals surface area contributed by atoms with Gasteiger partial charge in [-0.25, -0.2) is 0 Å². The van der Waals surface area contributed by atoms with Crippen molar-refractivity contribution in [3.8, 4) is 5.75 Å². The second-order valence-corrected chi connectivity index (χ2v) is 6.06. The summed E-state index contributed by atoms with van der Waals surface area (Å²) in [7, 11) is 0. The maximum absolute atomic E-state index is 5.74. The molecule has 0 aliphatic carbocycles. The molecule has 0 spiro atoms. The summed E-state index contributed by atoms with van der Waals surface area (Å²) in [5, 5.41) is 3.48. The van der Waals surface area contributed by atoms with E-state index in [1.54, 1.807) is 0 Å². The molecule has 1 atom stereocenters. The Hall–Kier alpha value is -1.06. The highest BCUT2D eigenvalue weighted by Gasteiger charge is 2.09. The monoisotopic (exact) mass is 279 g/mol. The fraction of sp³-hybridized carbons (Fsp3) is 0.647. The summed E-state index contributed by atoms with van der Waals surface area (Å²) in [6, 6.07) is 8.62. The fourth-order valence-electron chi connectivity index (χ4n) is 1.86. The summed E-state index contributed by atoms with van der Waals surface area (Å²) in [6.45, 7) is 12.7. The van der Waals surface area contributed by atoms with Gasteiger partial charge >= 0.3 is 0 Å². The van der Waals surface area contributed by atoms with E-state index in [4.69, 9.17) is 9.47 Å². The highest BCUT2D eigenvalue weighted by molar-refractivity contribution is 5.30. The van der Waals surface area contributed by atoms with E-state index in [0.717, 1.165) is 18.7 Å². The Bertz CT molecular complexity index is 385. The van der Waals surface area contributed by atoms with Gasteiger partial charge in [-0.15, -0.1) is 0 Å². The van der Waals surface area contributed by atoms with Crippen LogP contribution in [-0.2, 0) is 4.74 Å². The number of hydrogen-bond acceptors (Lipinski definition) is 3. The van der Waals surface area contributed by atoms with E-state index in [-0.39, 0.29) is 5.60 Å². The Kier molecular flexibility index (Phi) is 7.03. The van der Waals surface area contributed by atoms with E-state index < -0.39 is 0 Å². The standard InChI is InChI=1S/C17H29NO2/c1-6-10-18-14(2)15-8-7-9-16(13-15)19-11-12-20-17(3,4)5/h7-9,13-14,18H,6,10-12H2,1-5H3. The van der Waals surface area contributed by atoms with Crippen molar-refractivity contribution in [1.29, 1.82) is 0 Å². The Morgan fingerprint density at radius 1 is 1.20 bits per heavy atom. The molecule has 20 heavy (non-hydrogen) atoms. The van der Waals surface area contributed by atoms with E-state index in [1.807, 2.05) is 12.1 Å². The normalized spacial score (nSPS) is 13.2. The van der Waals surface area contributed by atoms with E-state index in [2.05, 4.69) is 52.1 Å². The third kappa shape index (κ3) is 6.92. The predicted octanol–water partition coefficient (Wildman–Crippen LogP) is 3.94. The lowest BCUT2D eigenvalue weighted by Crippen LogP contribution is -2.22. The van der Waals surface area contributed by atoms with Crippen molar-refractivity contribution in [3.63, 3.8) is 0 Å². The quantitative estimate of drug-likeness (QED) is 0.731. The fourth-order valence-corrected chi connectivity index (χ4v) is 1.86. The second kappa shape index (κ2) is 8.28. The molecular formula is C17H29NO2. The topological polar surface area (TPSA) is 30.5 Å². The largest absolute Gasteiger partial charge is 0.491 e. The highest BCUT2D eigenvalue weighted by Crippen LogP contribution is 2.19. The first-order valence-corrected chi connectivity index (χ1v) is 7.52. The van der Waals surface area contributed by atoms with Crippen LogP contribution in [0.15, 0.2) is 24.3 Å². The number of nitrogens with one attached hydrogen (secondary N) is 1. The number of ether oxygens (including phenoxy) is 2. The zero-order valence-electron chi connectivity index (χ0n) is 13.5. The van der Waals surface area contributed by atoms with Crippen molar-refractivity contribution in [3.05, 3.63) is 29.8 Å². The lowest BCUT2D eigenvalue weighted by Gasteiger charge is -2.20. The van der Waals surface area contributed by atoms with Crippen LogP contribution >= 0.6 is 0 Å². The molecule has 0 amide bonds. The van der Waals surface area contributed by atoms with E-state index in [1.165, 1.54) is 5.56 Å². The molecule has 1 aromatic rings. The molecule has 3 nitrogen and oxygen atoms in total. The lowest BCUT2D eigenvalue weighted by molar-refractivity contribution is -0.0163. The molecule has 0 aliphatic rings. The second-order valence-electron chi connectivity index (χ2n) is 6.06. The van der Waals surface area contributed by atoms with Gasteiger partial charge in [0.05, 0.1) is 12.2 Å². The van der Waals surface area contributed by atoms with Crippen molar-refractivity contribution in [2.24, 2.45) is 0 Å². The van der Waals surface area contributed by atoms with Crippen molar-refractivity contribution >= 4 is 0 Å². The van der Waals surface area contributed by atoms with E-state index in [9.17, 15) is 0 Å². The first-order valence-electron chi connectivity index (χ1n) is 7.52. The van der Waals surface area contributed by atoms with Gasteiger partial charge in [-0.05, 0) is 58.4 Å². The maximum Gasteiger partial charge on any atom is 0.119 e. The summed E-state index contributed by atoms with van der Waals surface area (Å²) in [4.78, 5) is 0. The van der Waals surface area contributed by atoms with E-state index in [0.29, 0.717) is 19.3 Å². The zero-order valence-corrected chi connectivity index (χ0v) is 13.5.